The molecule has 2 rings (SSSR count). The molecular weight excluding hydrogens is 344 g/mol. The first-order valence-corrected chi connectivity index (χ1v) is 7.48. The van der Waals surface area contributed by atoms with Gasteiger partial charge < -0.3 is 34.2 Å². The van der Waals surface area contributed by atoms with E-state index in [-0.39, 0.29) is 11.3 Å². The second-order valence-corrected chi connectivity index (χ2v) is 5.03. The van der Waals surface area contributed by atoms with Crippen LogP contribution in [-0.4, -0.2) is 55.8 Å². The maximum atomic E-state index is 11.5. The molecule has 0 aliphatic heterocycles. The number of benzene rings is 1. The van der Waals surface area contributed by atoms with Crippen molar-refractivity contribution in [2.24, 2.45) is 5.16 Å². The van der Waals surface area contributed by atoms with Gasteiger partial charge >= 0.3 is 5.97 Å². The first-order chi connectivity index (χ1) is 12.5. The number of ether oxygens (including phenoxy) is 3. The summed E-state index contributed by atoms with van der Waals surface area (Å²) in [6, 6.07) is 3.33. The molecule has 0 bridgehead atoms. The number of aromatic carboxylic acids is 1. The fourth-order valence-corrected chi connectivity index (χ4v) is 2.71. The number of rotatable bonds is 8. The van der Waals surface area contributed by atoms with Gasteiger partial charge in [-0.25, -0.2) is 4.79 Å². The summed E-state index contributed by atoms with van der Waals surface area (Å²) in [7, 11) is 5.77. The molecule has 140 valence electrons. The van der Waals surface area contributed by atoms with Gasteiger partial charge in [0.05, 0.1) is 39.8 Å². The second kappa shape index (κ2) is 8.26. The lowest BCUT2D eigenvalue weighted by atomic mass is 9.98. The molecule has 0 amide bonds. The minimum absolute atomic E-state index is 0.156. The highest BCUT2D eigenvalue weighted by atomic mass is 16.6. The number of aromatic nitrogens is 1. The van der Waals surface area contributed by atoms with Crippen LogP contribution in [0.25, 0.3) is 11.1 Å². The van der Waals surface area contributed by atoms with Crippen LogP contribution in [0.5, 0.6) is 17.2 Å². The van der Waals surface area contributed by atoms with E-state index in [1.165, 1.54) is 34.7 Å². The topological polar surface area (TPSA) is 123 Å². The van der Waals surface area contributed by atoms with Crippen molar-refractivity contribution < 1.29 is 34.1 Å². The number of nitrogens with zero attached hydrogens (tertiary/aromatic N) is 1. The molecule has 26 heavy (non-hydrogen) atoms. The number of H-pyrrole nitrogens is 1. The first-order valence-electron chi connectivity index (χ1n) is 7.48. The van der Waals surface area contributed by atoms with Gasteiger partial charge in [-0.05, 0) is 12.1 Å². The van der Waals surface area contributed by atoms with Crippen LogP contribution in [0, 0.1) is 0 Å². The Kier molecular flexibility index (Phi) is 6.07. The molecule has 1 heterocycles. The number of hydrogen-bond acceptors (Lipinski definition) is 7. The summed E-state index contributed by atoms with van der Waals surface area (Å²) in [5, 5.41) is 22.9. The summed E-state index contributed by atoms with van der Waals surface area (Å²) in [5.41, 5.74) is 1.26. The fraction of sp³-hybridized carbons (Fsp3) is 0.294. The summed E-state index contributed by atoms with van der Waals surface area (Å²) >= 11 is 0. The third kappa shape index (κ3) is 3.29. The Labute approximate surface area is 149 Å². The van der Waals surface area contributed by atoms with E-state index in [1.807, 2.05) is 0 Å². The molecule has 9 nitrogen and oxygen atoms in total. The summed E-state index contributed by atoms with van der Waals surface area (Å²) in [4.78, 5) is 19.0. The molecule has 1 aromatic heterocycles. The molecule has 0 atom stereocenters. The van der Waals surface area contributed by atoms with Crippen molar-refractivity contribution in [2.75, 3.05) is 28.4 Å². The number of methoxy groups -OCH3 is 3. The SMILES string of the molecule is CON=Cc1[nH]c(C(=O)O)c(CO)c1-c1ccc(OC)c(OC)c1OC. The molecule has 0 radical (unpaired) electrons. The van der Waals surface area contributed by atoms with Crippen molar-refractivity contribution in [3.8, 4) is 28.4 Å². The fourth-order valence-electron chi connectivity index (χ4n) is 2.71. The molecule has 2 aromatic rings. The number of aliphatic hydroxyl groups excluding tert-OH is 1. The molecule has 0 aliphatic rings. The molecule has 0 spiro atoms. The van der Waals surface area contributed by atoms with E-state index in [2.05, 4.69) is 15.0 Å². The largest absolute Gasteiger partial charge is 0.493 e. The monoisotopic (exact) mass is 364 g/mol. The highest BCUT2D eigenvalue weighted by Gasteiger charge is 2.26. The number of carboxylic acids is 1. The van der Waals surface area contributed by atoms with E-state index < -0.39 is 12.6 Å². The molecule has 1 aromatic carbocycles. The van der Waals surface area contributed by atoms with Crippen LogP contribution in [0.1, 0.15) is 21.7 Å². The van der Waals surface area contributed by atoms with E-state index in [1.54, 1.807) is 12.1 Å². The van der Waals surface area contributed by atoms with Gasteiger partial charge in [0.25, 0.3) is 0 Å². The minimum atomic E-state index is -1.22. The summed E-state index contributed by atoms with van der Waals surface area (Å²) < 4.78 is 16.1. The van der Waals surface area contributed by atoms with Gasteiger partial charge in [-0.1, -0.05) is 5.16 Å². The molecule has 3 N–H and O–H groups in total. The zero-order valence-corrected chi connectivity index (χ0v) is 14.8. The van der Waals surface area contributed by atoms with E-state index in [9.17, 15) is 15.0 Å². The van der Waals surface area contributed by atoms with Crippen LogP contribution in [-0.2, 0) is 11.4 Å². The average molecular weight is 364 g/mol. The zero-order valence-electron chi connectivity index (χ0n) is 14.8. The normalized spacial score (nSPS) is 10.8. The van der Waals surface area contributed by atoms with Crippen molar-refractivity contribution in [1.82, 2.24) is 4.98 Å². The summed E-state index contributed by atoms with van der Waals surface area (Å²) in [6.45, 7) is -0.508. The van der Waals surface area contributed by atoms with Gasteiger partial charge in [0.2, 0.25) is 5.75 Å². The predicted octanol–water partition coefficient (Wildman–Crippen LogP) is 1.88. The molecule has 0 fully saturated rings. The van der Waals surface area contributed by atoms with Crippen LogP contribution < -0.4 is 14.2 Å². The van der Waals surface area contributed by atoms with Crippen molar-refractivity contribution >= 4 is 12.2 Å². The lowest BCUT2D eigenvalue weighted by molar-refractivity contribution is 0.0687. The highest BCUT2D eigenvalue weighted by molar-refractivity contribution is 5.99. The van der Waals surface area contributed by atoms with Crippen LogP contribution in [0.2, 0.25) is 0 Å². The Morgan fingerprint density at radius 3 is 2.35 bits per heavy atom. The van der Waals surface area contributed by atoms with E-state index in [4.69, 9.17) is 14.2 Å². The quantitative estimate of drug-likeness (QED) is 0.483. The standard InChI is InChI=1S/C17H20N2O7/c1-23-12-6-5-9(15(24-2)16(12)25-3)13-10(8-20)14(17(21)22)19-11(13)7-18-26-4/h5-7,19-20H,8H2,1-4H3,(H,21,22). The maximum Gasteiger partial charge on any atom is 0.352 e. The van der Waals surface area contributed by atoms with Crippen molar-refractivity contribution in [3.05, 3.63) is 29.1 Å². The van der Waals surface area contributed by atoms with Crippen molar-refractivity contribution in [3.63, 3.8) is 0 Å². The lowest BCUT2D eigenvalue weighted by Gasteiger charge is -2.16. The Morgan fingerprint density at radius 1 is 1.15 bits per heavy atom. The van der Waals surface area contributed by atoms with Gasteiger partial charge in [-0.2, -0.15) is 0 Å². The zero-order chi connectivity index (χ0) is 19.3. The lowest BCUT2D eigenvalue weighted by Crippen LogP contribution is -2.02. The van der Waals surface area contributed by atoms with Gasteiger partial charge in [0, 0.05) is 16.7 Å². The number of carbonyl (C=O) groups is 1. The molecule has 9 heteroatoms. The smallest absolute Gasteiger partial charge is 0.352 e. The van der Waals surface area contributed by atoms with Gasteiger partial charge in [-0.15, -0.1) is 0 Å². The Morgan fingerprint density at radius 2 is 1.85 bits per heavy atom. The van der Waals surface area contributed by atoms with Crippen LogP contribution in [0.15, 0.2) is 17.3 Å². The number of hydrogen-bond donors (Lipinski definition) is 3. The predicted molar refractivity (Wildman–Crippen MR) is 93.4 cm³/mol. The van der Waals surface area contributed by atoms with Gasteiger partial charge in [-0.3, -0.25) is 0 Å². The molecule has 0 saturated carbocycles. The van der Waals surface area contributed by atoms with E-state index in [0.29, 0.717) is 34.1 Å². The molecule has 0 unspecified atom stereocenters. The first kappa shape index (κ1) is 19.1. The van der Waals surface area contributed by atoms with Crippen LogP contribution in [0.3, 0.4) is 0 Å². The van der Waals surface area contributed by atoms with Crippen molar-refractivity contribution in [1.29, 1.82) is 0 Å². The van der Waals surface area contributed by atoms with Crippen LogP contribution >= 0.6 is 0 Å². The summed E-state index contributed by atoms with van der Waals surface area (Å²) in [6.07, 6.45) is 1.32. The number of nitrogens with one attached hydrogen (secondary N) is 1. The maximum absolute atomic E-state index is 11.5. The second-order valence-electron chi connectivity index (χ2n) is 5.03. The number of oxime groups is 1. The van der Waals surface area contributed by atoms with Gasteiger partial charge in [0.15, 0.2) is 11.5 Å². The molecule has 0 saturated heterocycles. The van der Waals surface area contributed by atoms with Crippen molar-refractivity contribution in [2.45, 2.75) is 6.61 Å². The number of aromatic amines is 1. The third-order valence-corrected chi connectivity index (χ3v) is 3.77. The summed E-state index contributed by atoms with van der Waals surface area (Å²) in [5.74, 6) is -0.111. The average Bonchev–Trinajstić information content (AvgIpc) is 3.03. The highest BCUT2D eigenvalue weighted by Crippen LogP contribution is 2.46. The van der Waals surface area contributed by atoms with Gasteiger partial charge in [0.1, 0.15) is 12.8 Å². The molecule has 0 aliphatic carbocycles. The molecular formula is C17H20N2O7. The Bertz CT molecular complexity index is 827. The Balaban J connectivity index is 2.86. The third-order valence-electron chi connectivity index (χ3n) is 3.77. The number of aliphatic hydroxyl groups is 1. The van der Waals surface area contributed by atoms with Crippen LogP contribution in [0.4, 0.5) is 0 Å². The number of carboxylic acid groups (broad SMARTS) is 1. The Hall–Kier alpha value is -3.20. The van der Waals surface area contributed by atoms with E-state index in [0.717, 1.165) is 0 Å². The minimum Gasteiger partial charge on any atom is -0.493 e. The van der Waals surface area contributed by atoms with E-state index >= 15 is 0 Å².